The van der Waals surface area contributed by atoms with Gasteiger partial charge < -0.3 is 15.5 Å². The summed E-state index contributed by atoms with van der Waals surface area (Å²) in [5.74, 6) is 0.259. The number of nitrogens with zero attached hydrogens (tertiary/aromatic N) is 2. The van der Waals surface area contributed by atoms with Crippen molar-refractivity contribution in [2.24, 2.45) is 5.92 Å². The number of hydrogen-bond donors (Lipinski definition) is 2. The summed E-state index contributed by atoms with van der Waals surface area (Å²) >= 11 is 0. The number of amides is 1. The van der Waals surface area contributed by atoms with Crippen LogP contribution >= 0.6 is 0 Å². The van der Waals surface area contributed by atoms with E-state index in [2.05, 4.69) is 29.4 Å². The smallest absolute Gasteiger partial charge is 0.228 e. The molecule has 150 valence electrons. The largest absolute Gasteiger partial charge is 0.370 e. The van der Waals surface area contributed by atoms with Gasteiger partial charge in [0.2, 0.25) is 5.91 Å². The molecule has 7 heteroatoms. The second-order valence-corrected chi connectivity index (χ2v) is 7.54. The van der Waals surface area contributed by atoms with E-state index in [1.54, 1.807) is 0 Å². The highest BCUT2D eigenvalue weighted by molar-refractivity contribution is 5.95. The summed E-state index contributed by atoms with van der Waals surface area (Å²) in [7, 11) is 0. The molecule has 0 unspecified atom stereocenters. The second-order valence-electron chi connectivity index (χ2n) is 7.54. The molecule has 28 heavy (non-hydrogen) atoms. The molecule has 1 aromatic carbocycles. The van der Waals surface area contributed by atoms with Crippen molar-refractivity contribution in [1.82, 2.24) is 4.98 Å². The zero-order chi connectivity index (χ0) is 20.1. The van der Waals surface area contributed by atoms with Crippen LogP contribution in [0, 0.1) is 17.6 Å². The predicted molar refractivity (Wildman–Crippen MR) is 108 cm³/mol. The molecule has 5 nitrogen and oxygen atoms in total. The first-order valence-corrected chi connectivity index (χ1v) is 9.65. The standard InChI is InChI=1S/C21H26F2N4O/c1-14(2)13-24-19-6-5-18(21(26-19)27-7-3-4-8-27)25-20(28)11-15-9-16(22)12-17(23)10-15/h5-6,9-10,12,14H,3-4,7-8,11,13H2,1-2H3,(H,24,26)(H,25,28). The van der Waals surface area contributed by atoms with Gasteiger partial charge in [-0.25, -0.2) is 13.8 Å². The number of benzene rings is 1. The average Bonchev–Trinajstić information content (AvgIpc) is 3.14. The molecule has 2 heterocycles. The minimum atomic E-state index is -0.692. The molecule has 1 fully saturated rings. The van der Waals surface area contributed by atoms with Gasteiger partial charge in [0, 0.05) is 25.7 Å². The Bertz CT molecular complexity index is 815. The third-order valence-corrected chi connectivity index (χ3v) is 4.53. The summed E-state index contributed by atoms with van der Waals surface area (Å²) in [6.07, 6.45) is 2.06. The molecule has 0 bridgehead atoms. The Morgan fingerprint density at radius 2 is 1.82 bits per heavy atom. The normalized spacial score (nSPS) is 13.8. The predicted octanol–water partition coefficient (Wildman–Crippen LogP) is 4.21. The van der Waals surface area contributed by atoms with E-state index in [1.165, 1.54) is 12.1 Å². The first kappa shape index (κ1) is 20.0. The summed E-state index contributed by atoms with van der Waals surface area (Å²) in [5, 5.41) is 6.16. The summed E-state index contributed by atoms with van der Waals surface area (Å²) in [5.41, 5.74) is 0.903. The molecule has 0 atom stereocenters. The second kappa shape index (κ2) is 8.99. The van der Waals surface area contributed by atoms with Gasteiger partial charge in [-0.05, 0) is 48.6 Å². The number of carbonyl (C=O) groups is 1. The van der Waals surface area contributed by atoms with Gasteiger partial charge in [-0.2, -0.15) is 0 Å². The molecule has 0 radical (unpaired) electrons. The fraction of sp³-hybridized carbons (Fsp3) is 0.429. The molecule has 1 aliphatic rings. The summed E-state index contributed by atoms with van der Waals surface area (Å²) in [6, 6.07) is 6.79. The Kier molecular flexibility index (Phi) is 6.44. The van der Waals surface area contributed by atoms with E-state index in [0.717, 1.165) is 50.2 Å². The lowest BCUT2D eigenvalue weighted by atomic mass is 10.1. The molecule has 0 spiro atoms. The Hall–Kier alpha value is -2.70. The number of nitrogens with one attached hydrogen (secondary N) is 2. The maximum absolute atomic E-state index is 13.4. The van der Waals surface area contributed by atoms with Gasteiger partial charge in [0.05, 0.1) is 12.1 Å². The summed E-state index contributed by atoms with van der Waals surface area (Å²) in [4.78, 5) is 19.3. The van der Waals surface area contributed by atoms with E-state index >= 15 is 0 Å². The zero-order valence-electron chi connectivity index (χ0n) is 16.3. The Balaban J connectivity index is 1.76. The van der Waals surface area contributed by atoms with Gasteiger partial charge in [0.15, 0.2) is 5.82 Å². The third kappa shape index (κ3) is 5.41. The number of rotatable bonds is 7. The first-order valence-electron chi connectivity index (χ1n) is 9.65. The third-order valence-electron chi connectivity index (χ3n) is 4.53. The molecule has 2 aromatic rings. The lowest BCUT2D eigenvalue weighted by Crippen LogP contribution is -2.23. The quantitative estimate of drug-likeness (QED) is 0.746. The maximum Gasteiger partial charge on any atom is 0.228 e. The van der Waals surface area contributed by atoms with E-state index in [0.29, 0.717) is 17.2 Å². The monoisotopic (exact) mass is 388 g/mol. The van der Waals surface area contributed by atoms with E-state index in [4.69, 9.17) is 4.98 Å². The number of hydrogen-bond acceptors (Lipinski definition) is 4. The summed E-state index contributed by atoms with van der Waals surface area (Å²) < 4.78 is 26.7. The van der Waals surface area contributed by atoms with Crippen LogP contribution in [0.3, 0.4) is 0 Å². The molecule has 1 saturated heterocycles. The van der Waals surface area contributed by atoms with Crippen molar-refractivity contribution in [3.05, 3.63) is 47.5 Å². The SMILES string of the molecule is CC(C)CNc1ccc(NC(=O)Cc2cc(F)cc(F)c2)c(N2CCCC2)n1. The molecule has 0 aliphatic carbocycles. The number of pyridine rings is 1. The molecule has 1 aliphatic heterocycles. The maximum atomic E-state index is 13.4. The molecule has 1 aromatic heterocycles. The van der Waals surface area contributed by atoms with Gasteiger partial charge in [0.1, 0.15) is 17.5 Å². The highest BCUT2D eigenvalue weighted by Gasteiger charge is 2.19. The molecular weight excluding hydrogens is 362 g/mol. The van der Waals surface area contributed by atoms with Crippen LogP contribution in [0.25, 0.3) is 0 Å². The summed E-state index contributed by atoms with van der Waals surface area (Å²) in [6.45, 7) is 6.83. The van der Waals surface area contributed by atoms with Crippen LogP contribution in [-0.2, 0) is 11.2 Å². The molecule has 3 rings (SSSR count). The highest BCUT2D eigenvalue weighted by atomic mass is 19.1. The number of halogens is 2. The van der Waals surface area contributed by atoms with Crippen molar-refractivity contribution in [2.75, 3.05) is 35.2 Å². The Morgan fingerprint density at radius 1 is 1.14 bits per heavy atom. The van der Waals surface area contributed by atoms with E-state index in [1.807, 2.05) is 12.1 Å². The van der Waals surface area contributed by atoms with Gasteiger partial charge in [-0.3, -0.25) is 4.79 Å². The van der Waals surface area contributed by atoms with Crippen LogP contribution in [0.4, 0.5) is 26.1 Å². The average molecular weight is 388 g/mol. The molecule has 0 saturated carbocycles. The van der Waals surface area contributed by atoms with Crippen LogP contribution < -0.4 is 15.5 Å². The Morgan fingerprint density at radius 3 is 2.46 bits per heavy atom. The molecule has 2 N–H and O–H groups in total. The lowest BCUT2D eigenvalue weighted by Gasteiger charge is -2.21. The van der Waals surface area contributed by atoms with Gasteiger partial charge in [0.25, 0.3) is 0 Å². The van der Waals surface area contributed by atoms with E-state index < -0.39 is 11.6 Å². The van der Waals surface area contributed by atoms with Crippen LogP contribution in [0.5, 0.6) is 0 Å². The Labute approximate surface area is 164 Å². The number of aromatic nitrogens is 1. The van der Waals surface area contributed by atoms with Crippen molar-refractivity contribution in [2.45, 2.75) is 33.1 Å². The topological polar surface area (TPSA) is 57.3 Å². The van der Waals surface area contributed by atoms with Crippen molar-refractivity contribution >= 4 is 23.2 Å². The van der Waals surface area contributed by atoms with Crippen molar-refractivity contribution < 1.29 is 13.6 Å². The van der Waals surface area contributed by atoms with Gasteiger partial charge in [-0.1, -0.05) is 13.8 Å². The number of anilines is 3. The van der Waals surface area contributed by atoms with E-state index in [9.17, 15) is 13.6 Å². The van der Waals surface area contributed by atoms with Crippen molar-refractivity contribution in [3.8, 4) is 0 Å². The molecule has 1 amide bonds. The van der Waals surface area contributed by atoms with Crippen molar-refractivity contribution in [1.29, 1.82) is 0 Å². The van der Waals surface area contributed by atoms with Crippen LogP contribution in [0.2, 0.25) is 0 Å². The van der Waals surface area contributed by atoms with Gasteiger partial charge >= 0.3 is 0 Å². The van der Waals surface area contributed by atoms with Crippen LogP contribution in [0.1, 0.15) is 32.3 Å². The van der Waals surface area contributed by atoms with Crippen LogP contribution in [-0.4, -0.2) is 30.5 Å². The lowest BCUT2D eigenvalue weighted by molar-refractivity contribution is -0.115. The highest BCUT2D eigenvalue weighted by Crippen LogP contribution is 2.29. The van der Waals surface area contributed by atoms with Crippen LogP contribution in [0.15, 0.2) is 30.3 Å². The fourth-order valence-electron chi connectivity index (χ4n) is 3.22. The minimum absolute atomic E-state index is 0.110. The molecular formula is C21H26F2N4O. The fourth-order valence-corrected chi connectivity index (χ4v) is 3.22. The minimum Gasteiger partial charge on any atom is -0.370 e. The van der Waals surface area contributed by atoms with E-state index in [-0.39, 0.29) is 12.3 Å². The zero-order valence-corrected chi connectivity index (χ0v) is 16.3. The van der Waals surface area contributed by atoms with Gasteiger partial charge in [-0.15, -0.1) is 0 Å². The number of carbonyl (C=O) groups excluding carboxylic acids is 1. The first-order chi connectivity index (χ1) is 13.4. The van der Waals surface area contributed by atoms with Crippen molar-refractivity contribution in [3.63, 3.8) is 0 Å².